The molecule has 0 spiro atoms. The number of ether oxygens (including phenoxy) is 1. The SMILES string of the molecule is C=C(C)C1=C(C(=O)OCC)C=NN2C=C(C)NC12. The van der Waals surface area contributed by atoms with Gasteiger partial charge in [0.1, 0.15) is 6.17 Å². The molecule has 2 aliphatic rings. The predicted octanol–water partition coefficient (Wildman–Crippen LogP) is 1.51. The van der Waals surface area contributed by atoms with Gasteiger partial charge in [-0.1, -0.05) is 12.2 Å². The molecule has 0 aromatic heterocycles. The van der Waals surface area contributed by atoms with Gasteiger partial charge < -0.3 is 10.1 Å². The number of rotatable bonds is 3. The van der Waals surface area contributed by atoms with Crippen LogP contribution in [-0.2, 0) is 9.53 Å². The summed E-state index contributed by atoms with van der Waals surface area (Å²) in [6.07, 6.45) is 3.27. The van der Waals surface area contributed by atoms with Gasteiger partial charge in [0.25, 0.3) is 0 Å². The van der Waals surface area contributed by atoms with Crippen molar-refractivity contribution >= 4 is 12.2 Å². The van der Waals surface area contributed by atoms with Crippen LogP contribution in [0.3, 0.4) is 0 Å². The molecule has 0 aliphatic carbocycles. The van der Waals surface area contributed by atoms with Gasteiger partial charge in [0.2, 0.25) is 0 Å². The third-order valence-electron chi connectivity index (χ3n) is 2.79. The van der Waals surface area contributed by atoms with Crippen molar-refractivity contribution < 1.29 is 9.53 Å². The topological polar surface area (TPSA) is 53.9 Å². The van der Waals surface area contributed by atoms with E-state index < -0.39 is 0 Å². The second-order valence-corrected chi connectivity index (χ2v) is 4.31. The number of esters is 1. The minimum atomic E-state index is -0.356. The zero-order valence-corrected chi connectivity index (χ0v) is 10.9. The van der Waals surface area contributed by atoms with Crippen LogP contribution in [0.2, 0.25) is 0 Å². The van der Waals surface area contributed by atoms with E-state index in [0.717, 1.165) is 16.8 Å². The summed E-state index contributed by atoms with van der Waals surface area (Å²) >= 11 is 0. The van der Waals surface area contributed by atoms with E-state index in [-0.39, 0.29) is 12.1 Å². The van der Waals surface area contributed by atoms with Crippen molar-refractivity contribution in [2.24, 2.45) is 5.10 Å². The quantitative estimate of drug-likeness (QED) is 0.768. The van der Waals surface area contributed by atoms with Gasteiger partial charge in [-0.3, -0.25) is 0 Å². The standard InChI is InChI=1S/C13H17N3O2/c1-5-18-13(17)10-6-14-16-7-9(4)15-12(16)11(10)8(2)3/h6-7,12,15H,2,5H2,1,3-4H3. The molecule has 1 N–H and O–H groups in total. The average Bonchev–Trinajstić information content (AvgIpc) is 2.67. The molecule has 0 aromatic carbocycles. The minimum Gasteiger partial charge on any atom is -0.462 e. The first-order valence-corrected chi connectivity index (χ1v) is 5.89. The van der Waals surface area contributed by atoms with Crippen LogP contribution < -0.4 is 5.32 Å². The number of fused-ring (bicyclic) bond motifs is 1. The number of nitrogens with one attached hydrogen (secondary N) is 1. The third kappa shape index (κ3) is 2.03. The van der Waals surface area contributed by atoms with Gasteiger partial charge in [0, 0.05) is 17.5 Å². The molecular formula is C13H17N3O2. The number of hydrazone groups is 1. The van der Waals surface area contributed by atoms with Crippen molar-refractivity contribution in [3.63, 3.8) is 0 Å². The van der Waals surface area contributed by atoms with Gasteiger partial charge in [0.05, 0.1) is 18.4 Å². The Morgan fingerprint density at radius 1 is 1.67 bits per heavy atom. The van der Waals surface area contributed by atoms with Crippen LogP contribution in [-0.4, -0.2) is 30.0 Å². The number of nitrogens with zero attached hydrogens (tertiary/aromatic N) is 2. The van der Waals surface area contributed by atoms with Crippen LogP contribution in [0.1, 0.15) is 20.8 Å². The van der Waals surface area contributed by atoms with E-state index >= 15 is 0 Å². The van der Waals surface area contributed by atoms with Crippen molar-refractivity contribution in [1.29, 1.82) is 0 Å². The van der Waals surface area contributed by atoms with E-state index in [1.807, 2.05) is 20.0 Å². The summed E-state index contributed by atoms with van der Waals surface area (Å²) in [5.41, 5.74) is 3.13. The highest BCUT2D eigenvalue weighted by Crippen LogP contribution is 2.28. The Bertz CT molecular complexity index is 488. The van der Waals surface area contributed by atoms with Crippen LogP contribution in [0, 0.1) is 0 Å². The fourth-order valence-electron chi connectivity index (χ4n) is 2.07. The maximum absolute atomic E-state index is 11.9. The summed E-state index contributed by atoms with van der Waals surface area (Å²) in [4.78, 5) is 11.9. The van der Waals surface area contributed by atoms with Gasteiger partial charge in [-0.05, 0) is 20.8 Å². The summed E-state index contributed by atoms with van der Waals surface area (Å²) in [5.74, 6) is -0.356. The van der Waals surface area contributed by atoms with Gasteiger partial charge in [-0.2, -0.15) is 5.10 Å². The Balaban J connectivity index is 2.39. The van der Waals surface area contributed by atoms with Gasteiger partial charge in [-0.15, -0.1) is 0 Å². The Hall–Kier alpha value is -2.04. The normalized spacial score (nSPS) is 21.4. The molecule has 2 rings (SSSR count). The molecule has 0 bridgehead atoms. The van der Waals surface area contributed by atoms with Crippen molar-refractivity contribution in [2.75, 3.05) is 6.61 Å². The van der Waals surface area contributed by atoms with E-state index in [1.54, 1.807) is 11.9 Å². The molecule has 0 saturated heterocycles. The smallest absolute Gasteiger partial charge is 0.340 e. The number of hydrogen-bond donors (Lipinski definition) is 1. The van der Waals surface area contributed by atoms with Crippen molar-refractivity contribution in [1.82, 2.24) is 10.3 Å². The fourth-order valence-corrected chi connectivity index (χ4v) is 2.07. The first kappa shape index (κ1) is 12.4. The lowest BCUT2D eigenvalue weighted by molar-refractivity contribution is -0.137. The molecule has 2 aliphatic heterocycles. The van der Waals surface area contributed by atoms with Crippen LogP contribution >= 0.6 is 0 Å². The summed E-state index contributed by atoms with van der Waals surface area (Å²) in [7, 11) is 0. The lowest BCUT2D eigenvalue weighted by Crippen LogP contribution is -2.39. The van der Waals surface area contributed by atoms with Gasteiger partial charge in [0.15, 0.2) is 0 Å². The van der Waals surface area contributed by atoms with E-state index in [9.17, 15) is 4.79 Å². The van der Waals surface area contributed by atoms with Crippen molar-refractivity contribution in [3.8, 4) is 0 Å². The van der Waals surface area contributed by atoms with Crippen LogP contribution in [0.15, 0.2) is 40.3 Å². The van der Waals surface area contributed by atoms with Crippen LogP contribution in [0.5, 0.6) is 0 Å². The van der Waals surface area contributed by atoms with Gasteiger partial charge >= 0.3 is 5.97 Å². The second-order valence-electron chi connectivity index (χ2n) is 4.31. The highest BCUT2D eigenvalue weighted by molar-refractivity contribution is 6.11. The number of carbonyl (C=O) groups is 1. The maximum atomic E-state index is 11.9. The third-order valence-corrected chi connectivity index (χ3v) is 2.79. The molecule has 18 heavy (non-hydrogen) atoms. The summed E-state index contributed by atoms with van der Waals surface area (Å²) in [5, 5.41) is 9.27. The number of allylic oxidation sites excluding steroid dienone is 1. The molecule has 0 amide bonds. The first-order valence-electron chi connectivity index (χ1n) is 5.89. The molecule has 2 heterocycles. The Morgan fingerprint density at radius 3 is 3.00 bits per heavy atom. The number of carbonyl (C=O) groups excluding carboxylic acids is 1. The highest BCUT2D eigenvalue weighted by Gasteiger charge is 2.33. The molecule has 5 nitrogen and oxygen atoms in total. The molecule has 0 aromatic rings. The molecule has 5 heteroatoms. The molecule has 96 valence electrons. The Labute approximate surface area is 106 Å². The van der Waals surface area contributed by atoms with E-state index in [0.29, 0.717) is 12.2 Å². The summed E-state index contributed by atoms with van der Waals surface area (Å²) in [6, 6.07) is 0. The van der Waals surface area contributed by atoms with Gasteiger partial charge in [-0.25, -0.2) is 9.80 Å². The van der Waals surface area contributed by atoms with E-state index in [4.69, 9.17) is 4.74 Å². The largest absolute Gasteiger partial charge is 0.462 e. The van der Waals surface area contributed by atoms with Crippen LogP contribution in [0.25, 0.3) is 0 Å². The molecule has 1 unspecified atom stereocenters. The zero-order chi connectivity index (χ0) is 13.3. The monoisotopic (exact) mass is 247 g/mol. The molecule has 0 saturated carbocycles. The molecule has 1 atom stereocenters. The van der Waals surface area contributed by atoms with Crippen LogP contribution in [0.4, 0.5) is 0 Å². The van der Waals surface area contributed by atoms with E-state index in [1.165, 1.54) is 6.21 Å². The Morgan fingerprint density at radius 2 is 2.39 bits per heavy atom. The maximum Gasteiger partial charge on any atom is 0.340 e. The molecule has 0 fully saturated rings. The fraction of sp³-hybridized carbons (Fsp3) is 0.385. The zero-order valence-electron chi connectivity index (χ0n) is 10.9. The highest BCUT2D eigenvalue weighted by atomic mass is 16.5. The summed E-state index contributed by atoms with van der Waals surface area (Å²) in [6.45, 7) is 9.90. The summed E-state index contributed by atoms with van der Waals surface area (Å²) < 4.78 is 5.04. The first-order chi connectivity index (χ1) is 8.54. The Kier molecular flexibility index (Phi) is 3.23. The second kappa shape index (κ2) is 4.68. The lowest BCUT2D eigenvalue weighted by Gasteiger charge is -2.28. The van der Waals surface area contributed by atoms with E-state index in [2.05, 4.69) is 17.0 Å². The minimum absolute atomic E-state index is 0.160. The average molecular weight is 247 g/mol. The molecular weight excluding hydrogens is 230 g/mol. The molecule has 0 radical (unpaired) electrons. The number of hydrogen-bond acceptors (Lipinski definition) is 5. The van der Waals surface area contributed by atoms with Crippen molar-refractivity contribution in [2.45, 2.75) is 26.9 Å². The predicted molar refractivity (Wildman–Crippen MR) is 69.5 cm³/mol. The van der Waals surface area contributed by atoms with Crippen molar-refractivity contribution in [3.05, 3.63) is 35.2 Å². The lowest BCUT2D eigenvalue weighted by atomic mass is 9.98.